The van der Waals surface area contributed by atoms with Gasteiger partial charge in [-0.1, -0.05) is 19.8 Å². The van der Waals surface area contributed by atoms with E-state index in [0.717, 1.165) is 23.8 Å². The second kappa shape index (κ2) is 9.15. The van der Waals surface area contributed by atoms with Crippen LogP contribution in [0.3, 0.4) is 0 Å². The molecule has 2 aromatic rings. The zero-order valence-corrected chi connectivity index (χ0v) is 18.1. The van der Waals surface area contributed by atoms with Gasteiger partial charge in [-0.2, -0.15) is 0 Å². The molecule has 1 aromatic heterocycles. The Bertz CT molecular complexity index is 999. The molecule has 0 aliphatic rings. The molecule has 0 saturated carbocycles. The number of nitrogens with one attached hydrogen (secondary N) is 1. The van der Waals surface area contributed by atoms with E-state index in [1.165, 1.54) is 14.2 Å². The van der Waals surface area contributed by atoms with Crippen molar-refractivity contribution >= 4 is 16.8 Å². The maximum atomic E-state index is 13.1. The van der Waals surface area contributed by atoms with Gasteiger partial charge in [-0.05, 0) is 33.3 Å². The van der Waals surface area contributed by atoms with Crippen molar-refractivity contribution < 1.29 is 14.3 Å². The Balaban J connectivity index is 2.69. The molecule has 8 heteroatoms. The molecule has 0 aliphatic carbocycles. The number of methoxy groups -OCH3 is 2. The van der Waals surface area contributed by atoms with Gasteiger partial charge in [-0.3, -0.25) is 18.7 Å². The highest BCUT2D eigenvalue weighted by molar-refractivity contribution is 5.83. The average Bonchev–Trinajstić information content (AvgIpc) is 2.65. The normalized spacial score (nSPS) is 11.5. The molecule has 1 N–H and O–H groups in total. The molecular formula is C21H31N3O5. The van der Waals surface area contributed by atoms with Crippen molar-refractivity contribution in [1.82, 2.24) is 14.5 Å². The number of carbonyl (C=O) groups excluding carboxylic acids is 1. The Hall–Kier alpha value is -2.77. The summed E-state index contributed by atoms with van der Waals surface area (Å²) in [5, 5.41) is 3.10. The summed E-state index contributed by atoms with van der Waals surface area (Å²) in [6, 6.07) is 3.20. The summed E-state index contributed by atoms with van der Waals surface area (Å²) in [5.41, 5.74) is -1.02. The predicted molar refractivity (Wildman–Crippen MR) is 113 cm³/mol. The van der Waals surface area contributed by atoms with Crippen molar-refractivity contribution in [2.75, 3.05) is 14.2 Å². The molecule has 0 spiro atoms. The standard InChI is InChI=1S/C21H31N3O5/c1-7-8-9-10-23-15-12-17(29-6)16(28-5)11-14(15)19(26)24(20(23)27)13-18(25)22-21(2,3)4/h11-12H,7-10,13H2,1-6H3,(H,22,25). The van der Waals surface area contributed by atoms with Crippen LogP contribution in [0.2, 0.25) is 0 Å². The van der Waals surface area contributed by atoms with E-state index in [1.807, 2.05) is 20.8 Å². The summed E-state index contributed by atoms with van der Waals surface area (Å²) in [6.45, 7) is 7.70. The van der Waals surface area contributed by atoms with E-state index in [-0.39, 0.29) is 6.54 Å². The highest BCUT2D eigenvalue weighted by Crippen LogP contribution is 2.30. The minimum Gasteiger partial charge on any atom is -0.493 e. The maximum Gasteiger partial charge on any atom is 0.331 e. The number of aromatic nitrogens is 2. The summed E-state index contributed by atoms with van der Waals surface area (Å²) < 4.78 is 13.2. The molecule has 0 aliphatic heterocycles. The lowest BCUT2D eigenvalue weighted by molar-refractivity contribution is -0.123. The van der Waals surface area contributed by atoms with Crippen LogP contribution in [0.5, 0.6) is 11.5 Å². The van der Waals surface area contributed by atoms with Gasteiger partial charge in [-0.15, -0.1) is 0 Å². The van der Waals surface area contributed by atoms with Gasteiger partial charge in [0.15, 0.2) is 11.5 Å². The Labute approximate surface area is 170 Å². The van der Waals surface area contributed by atoms with Crippen LogP contribution in [0.15, 0.2) is 21.7 Å². The van der Waals surface area contributed by atoms with Crippen LogP contribution in [0.1, 0.15) is 47.0 Å². The quantitative estimate of drug-likeness (QED) is 0.681. The molecule has 0 atom stereocenters. The molecule has 1 heterocycles. The fourth-order valence-corrected chi connectivity index (χ4v) is 3.22. The lowest BCUT2D eigenvalue weighted by Crippen LogP contribution is -2.47. The first-order valence-corrected chi connectivity index (χ1v) is 9.83. The molecule has 0 radical (unpaired) electrons. The lowest BCUT2D eigenvalue weighted by atomic mass is 10.1. The number of unbranched alkanes of at least 4 members (excludes halogenated alkanes) is 2. The summed E-state index contributed by atoms with van der Waals surface area (Å²) >= 11 is 0. The molecule has 160 valence electrons. The van der Waals surface area contributed by atoms with Gasteiger partial charge in [-0.25, -0.2) is 4.79 Å². The molecule has 1 amide bonds. The Morgan fingerprint density at radius 3 is 2.21 bits per heavy atom. The van der Waals surface area contributed by atoms with Crippen LogP contribution in [-0.4, -0.2) is 34.8 Å². The monoisotopic (exact) mass is 405 g/mol. The number of benzene rings is 1. The molecule has 29 heavy (non-hydrogen) atoms. The van der Waals surface area contributed by atoms with Crippen molar-refractivity contribution in [2.45, 2.75) is 65.6 Å². The largest absolute Gasteiger partial charge is 0.493 e. The molecule has 1 aromatic carbocycles. The number of carbonyl (C=O) groups is 1. The van der Waals surface area contributed by atoms with E-state index in [1.54, 1.807) is 16.7 Å². The zero-order chi connectivity index (χ0) is 21.8. The fourth-order valence-electron chi connectivity index (χ4n) is 3.22. The van der Waals surface area contributed by atoms with E-state index >= 15 is 0 Å². The van der Waals surface area contributed by atoms with E-state index in [2.05, 4.69) is 12.2 Å². The minimum absolute atomic E-state index is 0.308. The first kappa shape index (κ1) is 22.5. The molecule has 0 saturated heterocycles. The Morgan fingerprint density at radius 1 is 1.03 bits per heavy atom. The number of amides is 1. The summed E-state index contributed by atoms with van der Waals surface area (Å²) in [6.07, 6.45) is 2.73. The van der Waals surface area contributed by atoms with Gasteiger partial charge in [0.05, 0.1) is 25.1 Å². The number of nitrogens with zero attached hydrogens (tertiary/aromatic N) is 2. The number of hydrogen-bond donors (Lipinski definition) is 1. The predicted octanol–water partition coefficient (Wildman–Crippen LogP) is 2.29. The van der Waals surface area contributed by atoms with Crippen molar-refractivity contribution in [1.29, 1.82) is 0 Å². The average molecular weight is 405 g/mol. The van der Waals surface area contributed by atoms with E-state index in [4.69, 9.17) is 9.47 Å². The van der Waals surface area contributed by atoms with Gasteiger partial charge < -0.3 is 14.8 Å². The van der Waals surface area contributed by atoms with Gasteiger partial charge in [0.1, 0.15) is 6.54 Å². The van der Waals surface area contributed by atoms with Crippen LogP contribution >= 0.6 is 0 Å². The van der Waals surface area contributed by atoms with Gasteiger partial charge in [0.2, 0.25) is 5.91 Å². The number of fused-ring (bicyclic) bond motifs is 1. The van der Waals surface area contributed by atoms with Crippen LogP contribution in [0.25, 0.3) is 10.9 Å². The van der Waals surface area contributed by atoms with Gasteiger partial charge >= 0.3 is 5.69 Å². The van der Waals surface area contributed by atoms with Crippen LogP contribution in [0, 0.1) is 0 Å². The minimum atomic E-state index is -0.526. The molecular weight excluding hydrogens is 374 g/mol. The second-order valence-electron chi connectivity index (χ2n) is 8.06. The molecule has 8 nitrogen and oxygen atoms in total. The Kier molecular flexibility index (Phi) is 7.11. The molecule has 0 fully saturated rings. The third kappa shape index (κ3) is 5.19. The lowest BCUT2D eigenvalue weighted by Gasteiger charge is -2.21. The highest BCUT2D eigenvalue weighted by Gasteiger charge is 2.20. The second-order valence-corrected chi connectivity index (χ2v) is 8.06. The van der Waals surface area contributed by atoms with Crippen LogP contribution in [0.4, 0.5) is 0 Å². The van der Waals surface area contributed by atoms with Gasteiger partial charge in [0.25, 0.3) is 5.56 Å². The Morgan fingerprint density at radius 2 is 1.66 bits per heavy atom. The van der Waals surface area contributed by atoms with Gasteiger partial charge in [0, 0.05) is 18.2 Å². The number of aryl methyl sites for hydroxylation is 1. The first-order valence-electron chi connectivity index (χ1n) is 9.83. The van der Waals surface area contributed by atoms with Crippen LogP contribution in [-0.2, 0) is 17.9 Å². The smallest absolute Gasteiger partial charge is 0.331 e. The van der Waals surface area contributed by atoms with Crippen molar-refractivity contribution in [2.24, 2.45) is 0 Å². The highest BCUT2D eigenvalue weighted by atomic mass is 16.5. The molecule has 2 rings (SSSR count). The molecule has 0 bridgehead atoms. The van der Waals surface area contributed by atoms with Crippen molar-refractivity contribution in [3.8, 4) is 11.5 Å². The topological polar surface area (TPSA) is 91.6 Å². The maximum absolute atomic E-state index is 13.1. The third-order valence-corrected chi connectivity index (χ3v) is 4.53. The van der Waals surface area contributed by atoms with E-state index in [0.29, 0.717) is 28.9 Å². The number of rotatable bonds is 8. The van der Waals surface area contributed by atoms with E-state index < -0.39 is 22.7 Å². The molecule has 0 unspecified atom stereocenters. The third-order valence-electron chi connectivity index (χ3n) is 4.53. The van der Waals surface area contributed by atoms with Crippen molar-refractivity contribution in [3.63, 3.8) is 0 Å². The summed E-state index contributed by atoms with van der Waals surface area (Å²) in [7, 11) is 2.98. The van der Waals surface area contributed by atoms with E-state index in [9.17, 15) is 14.4 Å². The number of ether oxygens (including phenoxy) is 2. The first-order chi connectivity index (χ1) is 13.6. The van der Waals surface area contributed by atoms with Crippen LogP contribution < -0.4 is 26.0 Å². The SMILES string of the molecule is CCCCCn1c(=O)n(CC(=O)NC(C)(C)C)c(=O)c2cc(OC)c(OC)cc21. The van der Waals surface area contributed by atoms with Crippen molar-refractivity contribution in [3.05, 3.63) is 33.0 Å². The summed E-state index contributed by atoms with van der Waals surface area (Å²) in [4.78, 5) is 38.6. The fraction of sp³-hybridized carbons (Fsp3) is 0.571. The zero-order valence-electron chi connectivity index (χ0n) is 18.1. The number of hydrogen-bond acceptors (Lipinski definition) is 5. The summed E-state index contributed by atoms with van der Waals surface area (Å²) in [5.74, 6) is 0.435.